The molecule has 5 heteroatoms. The first kappa shape index (κ1) is 14.1. The molecule has 1 aromatic carbocycles. The number of hydrogen-bond donors (Lipinski definition) is 1. The molecule has 0 saturated carbocycles. The van der Waals surface area contributed by atoms with Crippen molar-refractivity contribution in [2.75, 3.05) is 11.4 Å². The molecular formula is C15H16FN3O. The number of pyridine rings is 1. The van der Waals surface area contributed by atoms with Crippen molar-refractivity contribution in [2.24, 2.45) is 5.73 Å². The minimum absolute atomic E-state index is 0.0945. The summed E-state index contributed by atoms with van der Waals surface area (Å²) in [5, 5.41) is 0. The Balaban J connectivity index is 2.25. The lowest BCUT2D eigenvalue weighted by atomic mass is 10.2. The predicted octanol–water partition coefficient (Wildman–Crippen LogP) is 2.10. The van der Waals surface area contributed by atoms with E-state index in [1.807, 2.05) is 12.1 Å². The number of rotatable bonds is 5. The van der Waals surface area contributed by atoms with Gasteiger partial charge < -0.3 is 10.6 Å². The van der Waals surface area contributed by atoms with Gasteiger partial charge >= 0.3 is 0 Å². The summed E-state index contributed by atoms with van der Waals surface area (Å²) in [6.45, 7) is 0.669. The van der Waals surface area contributed by atoms with Crippen LogP contribution in [-0.2, 0) is 11.3 Å². The molecule has 2 rings (SSSR count). The van der Waals surface area contributed by atoms with Crippen LogP contribution >= 0.6 is 0 Å². The standard InChI is InChI=1S/C15H16FN3O/c16-13-3-5-14(6-4-13)19(15(20)7-8-17)11-12-2-1-9-18-10-12/h1-6,9-10H,7-8,11,17H2. The highest BCUT2D eigenvalue weighted by Crippen LogP contribution is 2.18. The summed E-state index contributed by atoms with van der Waals surface area (Å²) in [5.74, 6) is -0.427. The first-order valence-corrected chi connectivity index (χ1v) is 6.35. The van der Waals surface area contributed by atoms with Gasteiger partial charge in [-0.1, -0.05) is 6.07 Å². The molecule has 0 spiro atoms. The Kier molecular flexibility index (Phi) is 4.79. The SMILES string of the molecule is NCCC(=O)N(Cc1cccnc1)c1ccc(F)cc1. The van der Waals surface area contributed by atoms with E-state index in [1.165, 1.54) is 12.1 Å². The average Bonchev–Trinajstić information content (AvgIpc) is 2.47. The highest BCUT2D eigenvalue weighted by Gasteiger charge is 2.15. The van der Waals surface area contributed by atoms with Gasteiger partial charge in [0.1, 0.15) is 5.82 Å². The highest BCUT2D eigenvalue weighted by molar-refractivity contribution is 5.93. The van der Waals surface area contributed by atoms with E-state index in [0.717, 1.165) is 5.56 Å². The van der Waals surface area contributed by atoms with E-state index in [2.05, 4.69) is 4.98 Å². The maximum absolute atomic E-state index is 13.0. The maximum atomic E-state index is 13.0. The molecule has 0 saturated heterocycles. The number of halogens is 1. The summed E-state index contributed by atoms with van der Waals surface area (Å²) >= 11 is 0. The molecule has 2 aromatic rings. The molecule has 1 aromatic heterocycles. The van der Waals surface area contributed by atoms with E-state index in [4.69, 9.17) is 5.73 Å². The van der Waals surface area contributed by atoms with Gasteiger partial charge in [0.15, 0.2) is 0 Å². The van der Waals surface area contributed by atoms with Gasteiger partial charge in [0, 0.05) is 31.0 Å². The van der Waals surface area contributed by atoms with E-state index in [1.54, 1.807) is 29.4 Å². The van der Waals surface area contributed by atoms with E-state index in [-0.39, 0.29) is 24.7 Å². The Hall–Kier alpha value is -2.27. The minimum Gasteiger partial charge on any atom is -0.330 e. The van der Waals surface area contributed by atoms with Crippen molar-refractivity contribution in [3.63, 3.8) is 0 Å². The zero-order valence-corrected chi connectivity index (χ0v) is 11.0. The van der Waals surface area contributed by atoms with Crippen LogP contribution in [-0.4, -0.2) is 17.4 Å². The Labute approximate surface area is 117 Å². The molecule has 0 bridgehead atoms. The first-order valence-electron chi connectivity index (χ1n) is 6.35. The second-order valence-corrected chi connectivity index (χ2v) is 4.36. The van der Waals surface area contributed by atoms with Crippen molar-refractivity contribution >= 4 is 11.6 Å². The molecule has 0 aliphatic rings. The van der Waals surface area contributed by atoms with Crippen LogP contribution in [0.3, 0.4) is 0 Å². The molecule has 20 heavy (non-hydrogen) atoms. The number of amides is 1. The smallest absolute Gasteiger partial charge is 0.228 e. The van der Waals surface area contributed by atoms with Gasteiger partial charge in [-0.15, -0.1) is 0 Å². The molecular weight excluding hydrogens is 257 g/mol. The third kappa shape index (κ3) is 3.61. The topological polar surface area (TPSA) is 59.2 Å². The second kappa shape index (κ2) is 6.77. The van der Waals surface area contributed by atoms with Crippen LogP contribution in [0.5, 0.6) is 0 Å². The number of benzene rings is 1. The fourth-order valence-corrected chi connectivity index (χ4v) is 1.88. The normalized spacial score (nSPS) is 10.3. The predicted molar refractivity (Wildman–Crippen MR) is 75.5 cm³/mol. The molecule has 0 radical (unpaired) electrons. The minimum atomic E-state index is -0.332. The number of aromatic nitrogens is 1. The summed E-state index contributed by atoms with van der Waals surface area (Å²) < 4.78 is 13.0. The molecule has 2 N–H and O–H groups in total. The van der Waals surface area contributed by atoms with Crippen LogP contribution in [0.15, 0.2) is 48.8 Å². The lowest BCUT2D eigenvalue weighted by Gasteiger charge is -2.22. The molecule has 0 unspecified atom stereocenters. The molecule has 0 aliphatic heterocycles. The van der Waals surface area contributed by atoms with E-state index < -0.39 is 0 Å². The van der Waals surface area contributed by atoms with Gasteiger partial charge in [0.05, 0.1) is 6.54 Å². The molecule has 0 aliphatic carbocycles. The molecule has 0 atom stereocenters. The van der Waals surface area contributed by atoms with Crippen molar-refractivity contribution in [1.82, 2.24) is 4.98 Å². The van der Waals surface area contributed by atoms with Crippen LogP contribution in [0.2, 0.25) is 0 Å². The molecule has 104 valence electrons. The van der Waals surface area contributed by atoms with Crippen molar-refractivity contribution < 1.29 is 9.18 Å². The van der Waals surface area contributed by atoms with Gasteiger partial charge in [-0.2, -0.15) is 0 Å². The fourth-order valence-electron chi connectivity index (χ4n) is 1.88. The van der Waals surface area contributed by atoms with Gasteiger partial charge in [0.2, 0.25) is 5.91 Å². The summed E-state index contributed by atoms with van der Waals surface area (Å²) in [7, 11) is 0. The Morgan fingerprint density at radius 1 is 1.25 bits per heavy atom. The quantitative estimate of drug-likeness (QED) is 0.907. The lowest BCUT2D eigenvalue weighted by Crippen LogP contribution is -2.31. The van der Waals surface area contributed by atoms with Gasteiger partial charge in [-0.3, -0.25) is 9.78 Å². The van der Waals surface area contributed by atoms with Crippen LogP contribution in [0, 0.1) is 5.82 Å². The Morgan fingerprint density at radius 3 is 2.60 bits per heavy atom. The Morgan fingerprint density at radius 2 is 2.00 bits per heavy atom. The number of carbonyl (C=O) groups is 1. The summed E-state index contributed by atoms with van der Waals surface area (Å²) in [5.41, 5.74) is 6.99. The van der Waals surface area contributed by atoms with E-state index in [0.29, 0.717) is 12.2 Å². The largest absolute Gasteiger partial charge is 0.330 e. The molecule has 1 heterocycles. The summed E-state index contributed by atoms with van der Waals surface area (Å²) in [4.78, 5) is 17.8. The van der Waals surface area contributed by atoms with Crippen molar-refractivity contribution in [3.8, 4) is 0 Å². The molecule has 0 fully saturated rings. The van der Waals surface area contributed by atoms with E-state index >= 15 is 0 Å². The summed E-state index contributed by atoms with van der Waals surface area (Å²) in [6.07, 6.45) is 3.62. The van der Waals surface area contributed by atoms with Gasteiger partial charge in [-0.25, -0.2) is 4.39 Å². The number of nitrogens with zero attached hydrogens (tertiary/aromatic N) is 2. The number of carbonyl (C=O) groups excluding carboxylic acids is 1. The van der Waals surface area contributed by atoms with Crippen LogP contribution in [0.1, 0.15) is 12.0 Å². The first-order chi connectivity index (χ1) is 9.70. The van der Waals surface area contributed by atoms with Crippen LogP contribution < -0.4 is 10.6 Å². The number of nitrogens with two attached hydrogens (primary N) is 1. The third-order valence-corrected chi connectivity index (χ3v) is 2.86. The zero-order chi connectivity index (χ0) is 14.4. The molecule has 1 amide bonds. The monoisotopic (exact) mass is 273 g/mol. The van der Waals surface area contributed by atoms with Gasteiger partial charge in [-0.05, 0) is 35.9 Å². The highest BCUT2D eigenvalue weighted by atomic mass is 19.1. The average molecular weight is 273 g/mol. The second-order valence-electron chi connectivity index (χ2n) is 4.36. The van der Waals surface area contributed by atoms with Crippen molar-refractivity contribution in [1.29, 1.82) is 0 Å². The Bertz CT molecular complexity index is 557. The molecule has 4 nitrogen and oxygen atoms in total. The van der Waals surface area contributed by atoms with Gasteiger partial charge in [0.25, 0.3) is 0 Å². The number of hydrogen-bond acceptors (Lipinski definition) is 3. The zero-order valence-electron chi connectivity index (χ0n) is 11.0. The maximum Gasteiger partial charge on any atom is 0.228 e. The van der Waals surface area contributed by atoms with Crippen LogP contribution in [0.25, 0.3) is 0 Å². The fraction of sp³-hybridized carbons (Fsp3) is 0.200. The lowest BCUT2D eigenvalue weighted by molar-refractivity contribution is -0.118. The summed E-state index contributed by atoms with van der Waals surface area (Å²) in [6, 6.07) is 9.54. The van der Waals surface area contributed by atoms with Crippen molar-refractivity contribution in [2.45, 2.75) is 13.0 Å². The number of anilines is 1. The van der Waals surface area contributed by atoms with E-state index in [9.17, 15) is 9.18 Å². The third-order valence-electron chi connectivity index (χ3n) is 2.86. The van der Waals surface area contributed by atoms with Crippen LogP contribution in [0.4, 0.5) is 10.1 Å². The van der Waals surface area contributed by atoms with Crippen molar-refractivity contribution in [3.05, 3.63) is 60.2 Å².